The molecular weight excluding hydrogens is 426 g/mol. The molecule has 0 aliphatic carbocycles. The molecule has 1 heterocycles. The van der Waals surface area contributed by atoms with Crippen molar-refractivity contribution < 1.29 is 18.4 Å². The third kappa shape index (κ3) is 3.90. The standard InChI is InChI=1S/C24H23N3O4S/c1-3-26(4-2)24(29)23(28)21-15-25-22-12-11-19(14-20(21)22)27(32(30)31)18-10-9-16-7-5-6-8-17(16)13-18/h5-15,25H,3-4H2,1-2H3,(H,30,31)/p-1. The van der Waals surface area contributed by atoms with Gasteiger partial charge in [-0.15, -0.1) is 0 Å². The van der Waals surface area contributed by atoms with Crippen molar-refractivity contribution in [3.63, 3.8) is 0 Å². The molecule has 0 saturated carbocycles. The van der Waals surface area contributed by atoms with E-state index in [0.717, 1.165) is 10.8 Å². The fourth-order valence-corrected chi connectivity index (χ4v) is 4.39. The Morgan fingerprint density at radius 3 is 2.28 bits per heavy atom. The van der Waals surface area contributed by atoms with E-state index in [1.807, 2.05) is 44.2 Å². The van der Waals surface area contributed by atoms with Crippen LogP contribution in [-0.2, 0) is 16.1 Å². The number of nitrogens with zero attached hydrogens (tertiary/aromatic N) is 2. The van der Waals surface area contributed by atoms with E-state index in [9.17, 15) is 18.4 Å². The van der Waals surface area contributed by atoms with Gasteiger partial charge in [-0.3, -0.25) is 18.1 Å². The largest absolute Gasteiger partial charge is 0.755 e. The molecule has 1 aromatic heterocycles. The second-order valence-electron chi connectivity index (χ2n) is 7.28. The number of carbonyl (C=O) groups excluding carboxylic acids is 2. The summed E-state index contributed by atoms with van der Waals surface area (Å²) in [4.78, 5) is 29.9. The molecule has 8 heteroatoms. The average molecular weight is 449 g/mol. The third-order valence-electron chi connectivity index (χ3n) is 5.51. The number of aromatic amines is 1. The Hall–Kier alpha value is -3.49. The summed E-state index contributed by atoms with van der Waals surface area (Å²) in [6, 6.07) is 18.0. The molecule has 0 spiro atoms. The highest BCUT2D eigenvalue weighted by atomic mass is 32.2. The Morgan fingerprint density at radius 2 is 1.59 bits per heavy atom. The lowest BCUT2D eigenvalue weighted by atomic mass is 10.1. The maximum atomic E-state index is 12.9. The molecule has 0 saturated heterocycles. The van der Waals surface area contributed by atoms with E-state index in [0.29, 0.717) is 35.4 Å². The van der Waals surface area contributed by atoms with Crippen molar-refractivity contribution in [1.29, 1.82) is 0 Å². The number of hydrogen-bond acceptors (Lipinski definition) is 4. The highest BCUT2D eigenvalue weighted by Gasteiger charge is 2.24. The smallest absolute Gasteiger partial charge is 0.295 e. The number of ketones is 1. The van der Waals surface area contributed by atoms with Crippen molar-refractivity contribution in [3.05, 3.63) is 72.4 Å². The number of likely N-dealkylation sites (N-methyl/N-ethyl adjacent to an activating group) is 1. The van der Waals surface area contributed by atoms with Crippen molar-refractivity contribution >= 4 is 56.0 Å². The van der Waals surface area contributed by atoms with E-state index in [2.05, 4.69) is 4.98 Å². The number of anilines is 2. The number of Topliss-reactive ketones (excluding diaryl/α,β-unsaturated/α-hetero) is 1. The Morgan fingerprint density at radius 1 is 0.938 bits per heavy atom. The maximum Gasteiger partial charge on any atom is 0.295 e. The van der Waals surface area contributed by atoms with Gasteiger partial charge in [-0.2, -0.15) is 0 Å². The van der Waals surface area contributed by atoms with Crippen LogP contribution in [0.5, 0.6) is 0 Å². The van der Waals surface area contributed by atoms with Crippen LogP contribution in [0.4, 0.5) is 11.4 Å². The summed E-state index contributed by atoms with van der Waals surface area (Å²) in [6.45, 7) is 4.49. The van der Waals surface area contributed by atoms with Crippen LogP contribution in [0, 0.1) is 0 Å². The molecule has 3 aromatic carbocycles. The van der Waals surface area contributed by atoms with Gasteiger partial charge in [-0.1, -0.05) is 30.3 Å². The molecule has 164 valence electrons. The van der Waals surface area contributed by atoms with Gasteiger partial charge in [0.15, 0.2) is 0 Å². The summed E-state index contributed by atoms with van der Waals surface area (Å²) < 4.78 is 25.6. The normalized spacial score (nSPS) is 12.1. The molecule has 1 amide bonds. The van der Waals surface area contributed by atoms with Crippen molar-refractivity contribution in [2.45, 2.75) is 13.8 Å². The summed E-state index contributed by atoms with van der Waals surface area (Å²) >= 11 is -2.60. The number of rotatable bonds is 7. The van der Waals surface area contributed by atoms with Gasteiger partial charge in [-0.25, -0.2) is 0 Å². The van der Waals surface area contributed by atoms with Crippen LogP contribution in [0.2, 0.25) is 0 Å². The zero-order valence-corrected chi connectivity index (χ0v) is 18.5. The lowest BCUT2D eigenvalue weighted by Crippen LogP contribution is -2.36. The minimum atomic E-state index is -2.60. The van der Waals surface area contributed by atoms with Crippen LogP contribution in [0.15, 0.2) is 66.9 Å². The number of nitrogens with one attached hydrogen (secondary N) is 1. The summed E-state index contributed by atoms with van der Waals surface area (Å²) in [5.41, 5.74) is 1.69. The third-order valence-corrected chi connectivity index (χ3v) is 6.23. The lowest BCUT2D eigenvalue weighted by Gasteiger charge is -2.27. The van der Waals surface area contributed by atoms with Crippen LogP contribution in [0.25, 0.3) is 21.7 Å². The van der Waals surface area contributed by atoms with Crippen LogP contribution in [-0.4, -0.2) is 43.4 Å². The molecule has 0 aliphatic heterocycles. The van der Waals surface area contributed by atoms with Crippen LogP contribution < -0.4 is 4.31 Å². The van der Waals surface area contributed by atoms with E-state index in [-0.39, 0.29) is 5.56 Å². The quantitative estimate of drug-likeness (QED) is 0.259. The fraction of sp³-hybridized carbons (Fsp3) is 0.167. The highest BCUT2D eigenvalue weighted by Crippen LogP contribution is 2.32. The second-order valence-corrected chi connectivity index (χ2v) is 8.08. The van der Waals surface area contributed by atoms with Gasteiger partial charge in [-0.05, 0) is 55.0 Å². The van der Waals surface area contributed by atoms with Gasteiger partial charge in [0.05, 0.1) is 28.2 Å². The number of amides is 1. The molecule has 4 rings (SSSR count). The Labute approximate surface area is 188 Å². The zero-order valence-electron chi connectivity index (χ0n) is 17.7. The minimum absolute atomic E-state index is 0.217. The highest BCUT2D eigenvalue weighted by molar-refractivity contribution is 7.81. The molecular formula is C24H22N3O4S-. The first-order valence-corrected chi connectivity index (χ1v) is 11.3. The molecule has 1 N–H and O–H groups in total. The molecule has 1 atom stereocenters. The summed E-state index contributed by atoms with van der Waals surface area (Å²) in [6.07, 6.45) is 1.49. The molecule has 1 unspecified atom stereocenters. The monoisotopic (exact) mass is 448 g/mol. The molecule has 7 nitrogen and oxygen atoms in total. The molecule has 0 radical (unpaired) electrons. The first kappa shape index (κ1) is 21.7. The summed E-state index contributed by atoms with van der Waals surface area (Å²) in [5.74, 6) is -1.21. The van der Waals surface area contributed by atoms with Crippen molar-refractivity contribution in [3.8, 4) is 0 Å². The average Bonchev–Trinajstić information content (AvgIpc) is 3.22. The van der Waals surface area contributed by atoms with Gasteiger partial charge < -0.3 is 14.4 Å². The predicted octanol–water partition coefficient (Wildman–Crippen LogP) is 4.30. The van der Waals surface area contributed by atoms with Crippen LogP contribution >= 0.6 is 0 Å². The Kier molecular flexibility index (Phi) is 6.07. The number of fused-ring (bicyclic) bond motifs is 2. The molecule has 32 heavy (non-hydrogen) atoms. The van der Waals surface area contributed by atoms with Crippen LogP contribution in [0.1, 0.15) is 24.2 Å². The van der Waals surface area contributed by atoms with Crippen LogP contribution in [0.3, 0.4) is 0 Å². The number of aromatic nitrogens is 1. The second kappa shape index (κ2) is 8.94. The molecule has 0 bridgehead atoms. The maximum absolute atomic E-state index is 12.9. The van der Waals surface area contributed by atoms with E-state index < -0.39 is 23.0 Å². The van der Waals surface area contributed by atoms with Gasteiger partial charge in [0, 0.05) is 30.2 Å². The van der Waals surface area contributed by atoms with Gasteiger partial charge in [0.2, 0.25) is 0 Å². The predicted molar refractivity (Wildman–Crippen MR) is 126 cm³/mol. The van der Waals surface area contributed by atoms with Crippen molar-refractivity contribution in [1.82, 2.24) is 9.88 Å². The van der Waals surface area contributed by atoms with Gasteiger partial charge in [0.25, 0.3) is 11.7 Å². The lowest BCUT2D eigenvalue weighted by molar-refractivity contribution is -0.126. The summed E-state index contributed by atoms with van der Waals surface area (Å²) in [5, 5.41) is 2.39. The number of H-pyrrole nitrogens is 1. The van der Waals surface area contributed by atoms with Gasteiger partial charge >= 0.3 is 0 Å². The molecule has 4 aromatic rings. The summed E-state index contributed by atoms with van der Waals surface area (Å²) in [7, 11) is 0. The van der Waals surface area contributed by atoms with E-state index >= 15 is 0 Å². The van der Waals surface area contributed by atoms with E-state index in [1.54, 1.807) is 30.3 Å². The van der Waals surface area contributed by atoms with Gasteiger partial charge in [0.1, 0.15) is 0 Å². The number of benzene rings is 3. The number of hydrogen-bond donors (Lipinski definition) is 1. The molecule has 0 aliphatic rings. The van der Waals surface area contributed by atoms with E-state index in [4.69, 9.17) is 0 Å². The Bertz CT molecular complexity index is 1340. The molecule has 0 fully saturated rings. The SMILES string of the molecule is CCN(CC)C(=O)C(=O)c1c[nH]c2ccc(N(c3ccc4ccccc4c3)S(=O)[O-])cc12. The topological polar surface area (TPSA) is 96.5 Å². The fourth-order valence-electron chi connectivity index (χ4n) is 3.82. The minimum Gasteiger partial charge on any atom is -0.755 e. The zero-order chi connectivity index (χ0) is 22.8. The number of carbonyl (C=O) groups is 2. The van der Waals surface area contributed by atoms with E-state index in [1.165, 1.54) is 15.4 Å². The first-order valence-electron chi connectivity index (χ1n) is 10.3. The Balaban J connectivity index is 1.79. The van der Waals surface area contributed by atoms with Crippen molar-refractivity contribution in [2.75, 3.05) is 17.4 Å². The van der Waals surface area contributed by atoms with Crippen molar-refractivity contribution in [2.24, 2.45) is 0 Å². The first-order chi connectivity index (χ1) is 15.4.